The number of hydrogen-bond donors (Lipinski definition) is 2. The molecule has 0 spiro atoms. The number of aryl methyl sites for hydroxylation is 1. The predicted molar refractivity (Wildman–Crippen MR) is 95.3 cm³/mol. The molecule has 1 heterocycles. The third-order valence-electron chi connectivity index (χ3n) is 3.55. The lowest BCUT2D eigenvalue weighted by Crippen LogP contribution is -2.35. The summed E-state index contributed by atoms with van der Waals surface area (Å²) in [6.07, 6.45) is 2.61. The van der Waals surface area contributed by atoms with Crippen molar-refractivity contribution in [3.8, 4) is 5.69 Å². The normalized spacial score (nSPS) is 10.5. The summed E-state index contributed by atoms with van der Waals surface area (Å²) in [5, 5.41) is 6.72. The van der Waals surface area contributed by atoms with Crippen LogP contribution in [0.15, 0.2) is 66.1 Å². The standard InChI is InChI=1S/C18H18N4OS/c1-2-14-8-10-15(11-9-14)21-17(23)12-24-18-19-13-20-22(18)16-6-4-3-5-7-16/h3-11,13H,2,12H2,1H3,(H,21,23)/p+1. The number of para-hydroxylation sites is 1. The van der Waals surface area contributed by atoms with E-state index >= 15 is 0 Å². The first-order valence-corrected chi connectivity index (χ1v) is 8.77. The van der Waals surface area contributed by atoms with Crippen LogP contribution in [0.3, 0.4) is 0 Å². The van der Waals surface area contributed by atoms with Crippen molar-refractivity contribution in [2.75, 3.05) is 11.1 Å². The van der Waals surface area contributed by atoms with Crippen molar-refractivity contribution in [1.82, 2.24) is 10.1 Å². The van der Waals surface area contributed by atoms with Gasteiger partial charge in [-0.3, -0.25) is 4.79 Å². The van der Waals surface area contributed by atoms with Crippen LogP contribution in [0.4, 0.5) is 5.69 Å². The molecule has 0 saturated carbocycles. The molecule has 5 nitrogen and oxygen atoms in total. The van der Waals surface area contributed by atoms with Crippen LogP contribution in [0.1, 0.15) is 12.5 Å². The lowest BCUT2D eigenvalue weighted by Gasteiger charge is -2.04. The average molecular weight is 339 g/mol. The van der Waals surface area contributed by atoms with Crippen LogP contribution in [0.25, 0.3) is 5.69 Å². The molecule has 0 aliphatic rings. The third kappa shape index (κ3) is 4.02. The van der Waals surface area contributed by atoms with Crippen LogP contribution in [0.2, 0.25) is 0 Å². The number of hydrogen-bond acceptors (Lipinski definition) is 3. The minimum atomic E-state index is -0.0492. The molecule has 6 heteroatoms. The van der Waals surface area contributed by atoms with Crippen LogP contribution in [0.5, 0.6) is 0 Å². The van der Waals surface area contributed by atoms with Gasteiger partial charge in [-0.05, 0) is 53.0 Å². The van der Waals surface area contributed by atoms with Gasteiger partial charge in [-0.25, -0.2) is 0 Å². The van der Waals surface area contributed by atoms with Crippen LogP contribution in [0, 0.1) is 0 Å². The molecule has 24 heavy (non-hydrogen) atoms. The Labute approximate surface area is 145 Å². The second-order valence-corrected chi connectivity index (χ2v) is 6.17. The van der Waals surface area contributed by atoms with Gasteiger partial charge in [0, 0.05) is 5.69 Å². The summed E-state index contributed by atoms with van der Waals surface area (Å²) in [6, 6.07) is 17.8. The number of amides is 1. The second-order valence-electron chi connectivity index (χ2n) is 5.23. The van der Waals surface area contributed by atoms with Gasteiger partial charge in [0.05, 0.1) is 5.75 Å². The number of aromatic amines is 1. The number of rotatable bonds is 6. The number of nitrogens with one attached hydrogen (secondary N) is 2. The zero-order valence-corrected chi connectivity index (χ0v) is 14.2. The first-order valence-electron chi connectivity index (χ1n) is 7.78. The summed E-state index contributed by atoms with van der Waals surface area (Å²) >= 11 is 1.39. The van der Waals surface area contributed by atoms with E-state index < -0.39 is 0 Å². The van der Waals surface area contributed by atoms with Gasteiger partial charge in [-0.2, -0.15) is 5.10 Å². The fourth-order valence-corrected chi connectivity index (χ4v) is 3.02. The topological polar surface area (TPSA) is 61.7 Å². The van der Waals surface area contributed by atoms with Gasteiger partial charge in [0.1, 0.15) is 0 Å². The van der Waals surface area contributed by atoms with E-state index in [-0.39, 0.29) is 5.91 Å². The SMILES string of the molecule is CCc1ccc(NC(=O)CSc2nc[nH][n+]2-c2ccccc2)cc1. The highest BCUT2D eigenvalue weighted by Crippen LogP contribution is 2.14. The van der Waals surface area contributed by atoms with Crippen molar-refractivity contribution in [1.29, 1.82) is 0 Å². The van der Waals surface area contributed by atoms with E-state index in [1.807, 2.05) is 59.3 Å². The minimum Gasteiger partial charge on any atom is -0.325 e. The summed E-state index contributed by atoms with van der Waals surface area (Å²) < 4.78 is 1.86. The quantitative estimate of drug-likeness (QED) is 0.536. The average Bonchev–Trinajstić information content (AvgIpc) is 3.10. The minimum absolute atomic E-state index is 0.0492. The maximum atomic E-state index is 12.1. The van der Waals surface area contributed by atoms with Crippen LogP contribution >= 0.6 is 11.8 Å². The Kier molecular flexibility index (Phi) is 5.28. The van der Waals surface area contributed by atoms with Crippen molar-refractivity contribution in [3.05, 3.63) is 66.5 Å². The summed E-state index contributed by atoms with van der Waals surface area (Å²) in [4.78, 5) is 16.4. The number of anilines is 1. The first-order chi connectivity index (χ1) is 11.8. The molecule has 0 radical (unpaired) electrons. The van der Waals surface area contributed by atoms with Crippen LogP contribution in [-0.2, 0) is 11.2 Å². The van der Waals surface area contributed by atoms with Crippen molar-refractivity contribution >= 4 is 23.4 Å². The molecule has 1 amide bonds. The lowest BCUT2D eigenvalue weighted by atomic mass is 10.1. The number of benzene rings is 2. The van der Waals surface area contributed by atoms with E-state index in [0.29, 0.717) is 5.75 Å². The highest BCUT2D eigenvalue weighted by molar-refractivity contribution is 7.99. The highest BCUT2D eigenvalue weighted by atomic mass is 32.2. The Morgan fingerprint density at radius 2 is 1.92 bits per heavy atom. The molecule has 0 bridgehead atoms. The summed E-state index contributed by atoms with van der Waals surface area (Å²) in [7, 11) is 0. The lowest BCUT2D eigenvalue weighted by molar-refractivity contribution is -0.694. The van der Waals surface area contributed by atoms with E-state index in [1.165, 1.54) is 17.3 Å². The molecule has 1 aromatic heterocycles. The molecular formula is C18H19N4OS+. The Morgan fingerprint density at radius 1 is 1.17 bits per heavy atom. The molecular weight excluding hydrogens is 320 g/mol. The number of nitrogens with zero attached hydrogens (tertiary/aromatic N) is 2. The Hall–Kier alpha value is -2.60. The molecule has 3 rings (SSSR count). The summed E-state index contributed by atoms with van der Waals surface area (Å²) in [6.45, 7) is 2.11. The number of carbonyl (C=O) groups excluding carboxylic acids is 1. The van der Waals surface area contributed by atoms with E-state index in [1.54, 1.807) is 6.33 Å². The zero-order valence-electron chi connectivity index (χ0n) is 13.4. The Bertz CT molecular complexity index is 799. The molecule has 0 atom stereocenters. The molecule has 2 N–H and O–H groups in total. The predicted octanol–water partition coefficient (Wildman–Crippen LogP) is 2.98. The third-order valence-corrected chi connectivity index (χ3v) is 4.50. The van der Waals surface area contributed by atoms with Crippen LogP contribution < -0.4 is 10.00 Å². The van der Waals surface area contributed by atoms with Crippen molar-refractivity contribution in [3.63, 3.8) is 0 Å². The van der Waals surface area contributed by atoms with E-state index in [4.69, 9.17) is 0 Å². The molecule has 0 unspecified atom stereocenters. The Morgan fingerprint density at radius 3 is 2.62 bits per heavy atom. The maximum absolute atomic E-state index is 12.1. The molecule has 0 aliphatic heterocycles. The number of carbonyl (C=O) groups is 1. The first kappa shape index (κ1) is 16.3. The molecule has 2 aromatic carbocycles. The van der Waals surface area contributed by atoms with Crippen molar-refractivity contribution in [2.24, 2.45) is 0 Å². The van der Waals surface area contributed by atoms with Crippen molar-refractivity contribution in [2.45, 2.75) is 18.5 Å². The molecule has 0 saturated heterocycles. The number of thioether (sulfide) groups is 1. The molecule has 122 valence electrons. The number of H-pyrrole nitrogens is 1. The van der Waals surface area contributed by atoms with E-state index in [9.17, 15) is 4.79 Å². The second kappa shape index (κ2) is 7.79. The molecule has 3 aromatic rings. The van der Waals surface area contributed by atoms with Gasteiger partial charge < -0.3 is 5.32 Å². The van der Waals surface area contributed by atoms with Gasteiger partial charge in [0.2, 0.25) is 12.2 Å². The van der Waals surface area contributed by atoms with Gasteiger partial charge in [-0.1, -0.05) is 37.3 Å². The maximum Gasteiger partial charge on any atom is 0.385 e. The fourth-order valence-electron chi connectivity index (χ4n) is 2.27. The zero-order chi connectivity index (χ0) is 16.8. The van der Waals surface area contributed by atoms with Crippen molar-refractivity contribution < 1.29 is 9.48 Å². The molecule has 0 fully saturated rings. The highest BCUT2D eigenvalue weighted by Gasteiger charge is 2.18. The van der Waals surface area contributed by atoms with E-state index in [2.05, 4.69) is 22.3 Å². The summed E-state index contributed by atoms with van der Waals surface area (Å²) in [5.41, 5.74) is 3.05. The van der Waals surface area contributed by atoms with Gasteiger partial charge >= 0.3 is 5.16 Å². The Balaban J connectivity index is 1.60. The number of aromatic nitrogens is 3. The molecule has 0 aliphatic carbocycles. The van der Waals surface area contributed by atoms with Crippen LogP contribution in [-0.4, -0.2) is 21.7 Å². The van der Waals surface area contributed by atoms with Gasteiger partial charge in [0.25, 0.3) is 0 Å². The van der Waals surface area contributed by atoms with Gasteiger partial charge in [0.15, 0.2) is 5.69 Å². The van der Waals surface area contributed by atoms with E-state index in [0.717, 1.165) is 23.0 Å². The smallest absolute Gasteiger partial charge is 0.325 e. The fraction of sp³-hybridized carbons (Fsp3) is 0.167. The van der Waals surface area contributed by atoms with Gasteiger partial charge in [-0.15, -0.1) is 4.68 Å². The largest absolute Gasteiger partial charge is 0.385 e. The monoisotopic (exact) mass is 339 g/mol. The summed E-state index contributed by atoms with van der Waals surface area (Å²) in [5.74, 6) is 0.250.